The Bertz CT molecular complexity index is 1700. The molecule has 13 heteroatoms. The van der Waals surface area contributed by atoms with Gasteiger partial charge < -0.3 is 25.4 Å². The molecule has 2 fully saturated rings. The van der Waals surface area contributed by atoms with E-state index in [0.717, 1.165) is 36.8 Å². The number of sulfonamides is 1. The third kappa shape index (κ3) is 9.72. The molecule has 0 spiro atoms. The van der Waals surface area contributed by atoms with E-state index in [0.29, 0.717) is 31.6 Å². The Morgan fingerprint density at radius 3 is 2.41 bits per heavy atom. The fraction of sp³-hybridized carbons (Fsp3) is 0.474. The molecule has 0 bridgehead atoms. The number of urea groups is 1. The van der Waals surface area contributed by atoms with Gasteiger partial charge in [-0.1, -0.05) is 86.8 Å². The standard InChI is InChI=1S/C38H50N6O6S/c1-3-28(2)36(44-21-20-42(38(44)47)25-32-14-9-19-39-23-32)37(46)41-34(22-29-10-5-4-6-11-29)35(45)27-43(26-31-12-7-8-13-31)51(49,50)33-17-15-30(16-18-33)24-40-48/h4-6,9-11,14-19,23-24,28,31,34-36,45,48H,3,7-8,12-13,20-22,25-27H2,1-2H3,(H,41,46)/t28-,34-,35+,36-/m0/s1. The lowest BCUT2D eigenvalue weighted by atomic mass is 9.95. The average Bonchev–Trinajstić information content (AvgIpc) is 3.78. The first-order chi connectivity index (χ1) is 24.6. The molecule has 4 atom stereocenters. The number of rotatable bonds is 17. The van der Waals surface area contributed by atoms with Gasteiger partial charge in [0.2, 0.25) is 15.9 Å². The van der Waals surface area contributed by atoms with E-state index in [1.807, 2.05) is 56.3 Å². The Kier molecular flexibility index (Phi) is 13.2. The van der Waals surface area contributed by atoms with Crippen LogP contribution in [0.25, 0.3) is 0 Å². The Morgan fingerprint density at radius 1 is 1.06 bits per heavy atom. The number of hydrogen-bond donors (Lipinski definition) is 3. The van der Waals surface area contributed by atoms with Gasteiger partial charge in [-0.2, -0.15) is 4.31 Å². The van der Waals surface area contributed by atoms with Crippen molar-refractivity contribution in [1.29, 1.82) is 0 Å². The summed E-state index contributed by atoms with van der Waals surface area (Å²) < 4.78 is 29.6. The average molecular weight is 719 g/mol. The quantitative estimate of drug-likeness (QED) is 0.105. The fourth-order valence-electron chi connectivity index (χ4n) is 7.10. The van der Waals surface area contributed by atoms with Crippen molar-refractivity contribution in [3.8, 4) is 0 Å². The molecule has 1 aliphatic carbocycles. The monoisotopic (exact) mass is 718 g/mol. The number of benzene rings is 2. The third-order valence-electron chi connectivity index (χ3n) is 10.2. The summed E-state index contributed by atoms with van der Waals surface area (Å²) in [6.45, 7) is 5.16. The van der Waals surface area contributed by atoms with Crippen LogP contribution in [0.3, 0.4) is 0 Å². The molecule has 51 heavy (non-hydrogen) atoms. The fourth-order valence-corrected chi connectivity index (χ4v) is 8.63. The second kappa shape index (κ2) is 17.7. The first-order valence-corrected chi connectivity index (χ1v) is 19.3. The summed E-state index contributed by atoms with van der Waals surface area (Å²) in [5.41, 5.74) is 2.31. The van der Waals surface area contributed by atoms with Crippen molar-refractivity contribution in [3.05, 3.63) is 95.8 Å². The first kappa shape index (κ1) is 37.9. The number of nitrogens with zero attached hydrogens (tertiary/aromatic N) is 5. The summed E-state index contributed by atoms with van der Waals surface area (Å²) in [6, 6.07) is 17.4. The van der Waals surface area contributed by atoms with Crippen molar-refractivity contribution >= 4 is 28.2 Å². The zero-order valence-electron chi connectivity index (χ0n) is 29.4. The highest BCUT2D eigenvalue weighted by molar-refractivity contribution is 7.89. The molecule has 12 nitrogen and oxygen atoms in total. The maximum Gasteiger partial charge on any atom is 0.321 e. The smallest absolute Gasteiger partial charge is 0.321 e. The highest BCUT2D eigenvalue weighted by Gasteiger charge is 2.41. The molecular formula is C38H50N6O6S. The maximum absolute atomic E-state index is 14.3. The number of nitrogens with one attached hydrogen (secondary N) is 1. The molecule has 5 rings (SSSR count). The van der Waals surface area contributed by atoms with E-state index in [4.69, 9.17) is 5.21 Å². The van der Waals surface area contributed by atoms with Crippen LogP contribution in [0.15, 0.2) is 89.2 Å². The molecule has 2 heterocycles. The predicted molar refractivity (Wildman–Crippen MR) is 195 cm³/mol. The number of carbonyl (C=O) groups excluding carboxylic acids is 2. The van der Waals surface area contributed by atoms with Gasteiger partial charge in [-0.05, 0) is 66.0 Å². The zero-order chi connectivity index (χ0) is 36.4. The molecule has 3 N–H and O–H groups in total. The van der Waals surface area contributed by atoms with Gasteiger partial charge in [0, 0.05) is 45.1 Å². The molecule has 3 aromatic rings. The van der Waals surface area contributed by atoms with E-state index < -0.39 is 28.2 Å². The van der Waals surface area contributed by atoms with Gasteiger partial charge >= 0.3 is 6.03 Å². The molecule has 1 saturated carbocycles. The number of carbonyl (C=O) groups is 2. The van der Waals surface area contributed by atoms with Crippen molar-refractivity contribution in [2.45, 2.75) is 82.0 Å². The summed E-state index contributed by atoms with van der Waals surface area (Å²) in [4.78, 5) is 35.6. The molecular weight excluding hydrogens is 669 g/mol. The number of hydrogen-bond acceptors (Lipinski definition) is 8. The van der Waals surface area contributed by atoms with Crippen LogP contribution in [-0.2, 0) is 27.8 Å². The second-order valence-electron chi connectivity index (χ2n) is 13.7. The molecule has 2 aromatic carbocycles. The molecule has 1 aliphatic heterocycles. The topological polar surface area (TPSA) is 156 Å². The predicted octanol–water partition coefficient (Wildman–Crippen LogP) is 4.51. The summed E-state index contributed by atoms with van der Waals surface area (Å²) in [7, 11) is -4.05. The first-order valence-electron chi connectivity index (χ1n) is 17.8. The van der Waals surface area contributed by atoms with E-state index in [-0.39, 0.29) is 48.2 Å². The Hall–Kier alpha value is -4.33. The van der Waals surface area contributed by atoms with Crippen molar-refractivity contribution in [2.24, 2.45) is 17.0 Å². The maximum atomic E-state index is 14.3. The number of aliphatic hydroxyl groups is 1. The number of oxime groups is 1. The minimum atomic E-state index is -4.05. The molecule has 1 saturated heterocycles. The van der Waals surface area contributed by atoms with Gasteiger partial charge in [-0.25, -0.2) is 13.2 Å². The molecule has 274 valence electrons. The SMILES string of the molecule is CC[C@H](C)[C@@H](C(=O)N[C@@H](Cc1ccccc1)[C@H](O)CN(CC1CCCC1)S(=O)(=O)c1ccc(C=NO)cc1)N1CCN(Cc2cccnc2)C1=O. The number of amides is 3. The summed E-state index contributed by atoms with van der Waals surface area (Å²) >= 11 is 0. The minimum Gasteiger partial charge on any atom is -0.411 e. The lowest BCUT2D eigenvalue weighted by Gasteiger charge is -2.35. The van der Waals surface area contributed by atoms with Crippen LogP contribution >= 0.6 is 0 Å². The van der Waals surface area contributed by atoms with Crippen molar-refractivity contribution in [3.63, 3.8) is 0 Å². The minimum absolute atomic E-state index is 0.0617. The van der Waals surface area contributed by atoms with Crippen LogP contribution in [0, 0.1) is 11.8 Å². The van der Waals surface area contributed by atoms with Gasteiger partial charge in [0.05, 0.1) is 23.3 Å². The Morgan fingerprint density at radius 2 is 1.76 bits per heavy atom. The third-order valence-corrected chi connectivity index (χ3v) is 12.0. The van der Waals surface area contributed by atoms with Gasteiger partial charge in [0.25, 0.3) is 0 Å². The Labute approximate surface area is 301 Å². The second-order valence-corrected chi connectivity index (χ2v) is 15.7. The molecule has 3 amide bonds. The van der Waals surface area contributed by atoms with Crippen molar-refractivity contribution in [1.82, 2.24) is 24.4 Å². The number of aromatic nitrogens is 1. The lowest BCUT2D eigenvalue weighted by Crippen LogP contribution is -2.57. The number of pyridine rings is 1. The summed E-state index contributed by atoms with van der Waals surface area (Å²) in [5.74, 6) is -0.410. The van der Waals surface area contributed by atoms with Crippen molar-refractivity contribution in [2.75, 3.05) is 26.2 Å². The number of aliphatic hydroxyl groups excluding tert-OH is 1. The molecule has 2 aliphatic rings. The van der Waals surface area contributed by atoms with Crippen LogP contribution in [0.2, 0.25) is 0 Å². The van der Waals surface area contributed by atoms with E-state index >= 15 is 0 Å². The largest absolute Gasteiger partial charge is 0.411 e. The summed E-state index contributed by atoms with van der Waals surface area (Å²) in [6.07, 6.45) is 8.11. The summed E-state index contributed by atoms with van der Waals surface area (Å²) in [5, 5.41) is 26.9. The molecule has 0 radical (unpaired) electrons. The highest BCUT2D eigenvalue weighted by atomic mass is 32.2. The molecule has 1 aromatic heterocycles. The Balaban J connectivity index is 1.39. The lowest BCUT2D eigenvalue weighted by molar-refractivity contribution is -0.128. The van der Waals surface area contributed by atoms with E-state index in [1.54, 1.807) is 34.3 Å². The van der Waals surface area contributed by atoms with Gasteiger partial charge in [-0.15, -0.1) is 0 Å². The van der Waals surface area contributed by atoms with E-state index in [9.17, 15) is 23.1 Å². The van der Waals surface area contributed by atoms with E-state index in [1.165, 1.54) is 22.7 Å². The van der Waals surface area contributed by atoms with E-state index in [2.05, 4.69) is 15.5 Å². The van der Waals surface area contributed by atoms with Crippen LogP contribution in [-0.4, -0.2) is 100 Å². The van der Waals surface area contributed by atoms with Crippen LogP contribution in [0.4, 0.5) is 4.79 Å². The highest BCUT2D eigenvalue weighted by Crippen LogP contribution is 2.29. The molecule has 0 unspecified atom stereocenters. The van der Waals surface area contributed by atoms with Gasteiger partial charge in [-0.3, -0.25) is 9.78 Å². The van der Waals surface area contributed by atoms with Crippen LogP contribution in [0.5, 0.6) is 0 Å². The van der Waals surface area contributed by atoms with Crippen LogP contribution in [0.1, 0.15) is 62.6 Å². The normalized spacial score (nSPS) is 18.0. The zero-order valence-corrected chi connectivity index (χ0v) is 30.2. The van der Waals surface area contributed by atoms with Crippen molar-refractivity contribution < 1.29 is 28.3 Å². The van der Waals surface area contributed by atoms with Crippen LogP contribution < -0.4 is 5.32 Å². The van der Waals surface area contributed by atoms with Gasteiger partial charge in [0.15, 0.2) is 0 Å². The van der Waals surface area contributed by atoms with Gasteiger partial charge in [0.1, 0.15) is 6.04 Å².